The first-order chi connectivity index (χ1) is 17.7. The predicted octanol–water partition coefficient (Wildman–Crippen LogP) is 3.62. The lowest BCUT2D eigenvalue weighted by molar-refractivity contribution is -0.131. The monoisotopic (exact) mass is 561 g/mol. The molecule has 11 heteroatoms. The molecule has 0 radical (unpaired) electrons. The van der Waals surface area contributed by atoms with Gasteiger partial charge in [-0.1, -0.05) is 33.6 Å². The van der Waals surface area contributed by atoms with Gasteiger partial charge in [0.05, 0.1) is 5.69 Å². The van der Waals surface area contributed by atoms with E-state index >= 15 is 0 Å². The van der Waals surface area contributed by atoms with Gasteiger partial charge in [0.1, 0.15) is 0 Å². The zero-order chi connectivity index (χ0) is 26.5. The standard InChI is InChI=1S/C26H20BrN5O5/c1-15-3-2-4-17(13-15)22(33)29-19-9-5-16(6-10-19)23(34)31-28-14-21-24(35)30-26(37)32(25(21)36)20-11-7-18(27)8-12-20/h2-14,21H,1H3,(H,29,33)(H,31,34)(H,30,35,37)/b28-14-/t21-/m1/s1. The molecule has 3 aromatic rings. The van der Waals surface area contributed by atoms with Crippen LogP contribution in [0.25, 0.3) is 0 Å². The lowest BCUT2D eigenvalue weighted by atomic mass is 10.1. The van der Waals surface area contributed by atoms with E-state index in [4.69, 9.17) is 0 Å². The Morgan fingerprint density at radius 2 is 1.65 bits per heavy atom. The number of carbonyl (C=O) groups excluding carboxylic acids is 5. The van der Waals surface area contributed by atoms with Gasteiger partial charge < -0.3 is 5.32 Å². The molecule has 0 unspecified atom stereocenters. The molecule has 186 valence electrons. The number of barbiturate groups is 1. The van der Waals surface area contributed by atoms with Crippen molar-refractivity contribution in [3.8, 4) is 0 Å². The Hall–Kier alpha value is -4.64. The zero-order valence-corrected chi connectivity index (χ0v) is 21.0. The fourth-order valence-electron chi connectivity index (χ4n) is 3.49. The Labute approximate surface area is 219 Å². The van der Waals surface area contributed by atoms with Crippen LogP contribution in [0.4, 0.5) is 16.2 Å². The number of anilines is 2. The number of rotatable bonds is 6. The quantitative estimate of drug-likeness (QED) is 0.240. The first-order valence-corrected chi connectivity index (χ1v) is 11.8. The third kappa shape index (κ3) is 5.96. The maximum atomic E-state index is 12.8. The number of benzene rings is 3. The van der Waals surface area contributed by atoms with Crippen LogP contribution in [0.15, 0.2) is 82.4 Å². The molecule has 1 atom stereocenters. The molecule has 0 aromatic heterocycles. The number of carbonyl (C=O) groups is 5. The topological polar surface area (TPSA) is 137 Å². The molecular formula is C26H20BrN5O5. The number of halogens is 1. The summed E-state index contributed by atoms with van der Waals surface area (Å²) in [6.07, 6.45) is 0.963. The van der Waals surface area contributed by atoms with E-state index in [0.29, 0.717) is 11.3 Å². The predicted molar refractivity (Wildman–Crippen MR) is 140 cm³/mol. The molecule has 1 aliphatic rings. The Morgan fingerprint density at radius 3 is 2.32 bits per heavy atom. The molecule has 37 heavy (non-hydrogen) atoms. The average Bonchev–Trinajstić information content (AvgIpc) is 2.87. The lowest BCUT2D eigenvalue weighted by Crippen LogP contribution is -2.58. The van der Waals surface area contributed by atoms with Crippen molar-refractivity contribution in [3.63, 3.8) is 0 Å². The molecule has 1 saturated heterocycles. The second-order valence-electron chi connectivity index (χ2n) is 8.04. The average molecular weight is 562 g/mol. The van der Waals surface area contributed by atoms with Gasteiger partial charge in [-0.25, -0.2) is 15.1 Å². The number of nitrogens with zero attached hydrogens (tertiary/aromatic N) is 2. The third-order valence-corrected chi connectivity index (χ3v) is 5.89. The second kappa shape index (κ2) is 11.0. The van der Waals surface area contributed by atoms with Gasteiger partial charge in [-0.3, -0.25) is 24.5 Å². The number of nitrogens with one attached hydrogen (secondary N) is 3. The van der Waals surface area contributed by atoms with E-state index in [2.05, 4.69) is 37.1 Å². The number of hydrazone groups is 1. The van der Waals surface area contributed by atoms with E-state index in [9.17, 15) is 24.0 Å². The van der Waals surface area contributed by atoms with Gasteiger partial charge in [0, 0.05) is 27.5 Å². The van der Waals surface area contributed by atoms with Crippen LogP contribution in [-0.4, -0.2) is 35.9 Å². The number of hydrogen-bond acceptors (Lipinski definition) is 6. The summed E-state index contributed by atoms with van der Waals surface area (Å²) >= 11 is 3.28. The van der Waals surface area contributed by atoms with E-state index < -0.39 is 29.7 Å². The van der Waals surface area contributed by atoms with E-state index in [-0.39, 0.29) is 17.2 Å². The molecule has 1 heterocycles. The van der Waals surface area contributed by atoms with Crippen LogP contribution in [0.2, 0.25) is 0 Å². The van der Waals surface area contributed by atoms with Gasteiger partial charge in [0.25, 0.3) is 17.7 Å². The van der Waals surface area contributed by atoms with E-state index in [1.54, 1.807) is 54.6 Å². The van der Waals surface area contributed by atoms with E-state index in [1.165, 1.54) is 12.1 Å². The van der Waals surface area contributed by atoms with Crippen molar-refractivity contribution in [1.29, 1.82) is 0 Å². The molecule has 3 N–H and O–H groups in total. The summed E-state index contributed by atoms with van der Waals surface area (Å²) in [6, 6.07) is 18.8. The van der Waals surface area contributed by atoms with Gasteiger partial charge in [-0.2, -0.15) is 5.10 Å². The molecule has 0 bridgehead atoms. The third-order valence-electron chi connectivity index (χ3n) is 5.36. The summed E-state index contributed by atoms with van der Waals surface area (Å²) in [6.45, 7) is 1.89. The van der Waals surface area contributed by atoms with Crippen LogP contribution in [0.3, 0.4) is 0 Å². The lowest BCUT2D eigenvalue weighted by Gasteiger charge is -2.28. The van der Waals surface area contributed by atoms with Crippen molar-refractivity contribution in [3.05, 3.63) is 94.0 Å². The molecule has 0 aliphatic carbocycles. The van der Waals surface area contributed by atoms with Gasteiger partial charge in [0.2, 0.25) is 5.91 Å². The Bertz CT molecular complexity index is 1420. The van der Waals surface area contributed by atoms with Crippen molar-refractivity contribution >= 4 is 63.2 Å². The second-order valence-corrected chi connectivity index (χ2v) is 8.96. The van der Waals surface area contributed by atoms with E-state index in [0.717, 1.165) is 21.2 Å². The van der Waals surface area contributed by atoms with Crippen molar-refractivity contribution in [1.82, 2.24) is 10.7 Å². The maximum absolute atomic E-state index is 12.8. The van der Waals surface area contributed by atoms with Gasteiger partial charge in [-0.15, -0.1) is 0 Å². The largest absolute Gasteiger partial charge is 0.335 e. The minimum Gasteiger partial charge on any atom is -0.322 e. The number of hydrogen-bond donors (Lipinski definition) is 3. The number of amides is 6. The fraction of sp³-hybridized carbons (Fsp3) is 0.0769. The summed E-state index contributed by atoms with van der Waals surface area (Å²) in [7, 11) is 0. The maximum Gasteiger partial charge on any atom is 0.335 e. The van der Waals surface area contributed by atoms with E-state index in [1.807, 2.05) is 13.0 Å². The van der Waals surface area contributed by atoms with Gasteiger partial charge in [0.15, 0.2) is 5.92 Å². The van der Waals surface area contributed by atoms with Crippen LogP contribution in [0, 0.1) is 12.8 Å². The highest BCUT2D eigenvalue weighted by molar-refractivity contribution is 9.10. The molecule has 1 aliphatic heterocycles. The normalized spacial score (nSPS) is 15.5. The number of aryl methyl sites for hydroxylation is 1. The van der Waals surface area contributed by atoms with Crippen LogP contribution in [0.5, 0.6) is 0 Å². The summed E-state index contributed by atoms with van der Waals surface area (Å²) in [4.78, 5) is 62.9. The molecule has 0 spiro atoms. The van der Waals surface area contributed by atoms with Crippen LogP contribution in [-0.2, 0) is 9.59 Å². The Kier molecular flexibility index (Phi) is 7.54. The van der Waals surface area contributed by atoms with Gasteiger partial charge >= 0.3 is 6.03 Å². The SMILES string of the molecule is Cc1cccc(C(=O)Nc2ccc(C(=O)N/N=C\[C@@H]3C(=O)NC(=O)N(c4ccc(Br)cc4)C3=O)cc2)c1. The molecule has 1 fully saturated rings. The van der Waals surface area contributed by atoms with Gasteiger partial charge in [-0.05, 0) is 67.6 Å². The minimum atomic E-state index is -1.42. The minimum absolute atomic E-state index is 0.233. The highest BCUT2D eigenvalue weighted by Gasteiger charge is 2.40. The number of urea groups is 1. The highest BCUT2D eigenvalue weighted by Crippen LogP contribution is 2.22. The molecule has 0 saturated carbocycles. The van der Waals surface area contributed by atoms with Crippen molar-refractivity contribution in [2.75, 3.05) is 10.2 Å². The Balaban J connectivity index is 1.38. The molecule has 4 rings (SSSR count). The molecular weight excluding hydrogens is 542 g/mol. The number of imide groups is 2. The van der Waals surface area contributed by atoms with Crippen molar-refractivity contribution in [2.24, 2.45) is 11.0 Å². The summed E-state index contributed by atoms with van der Waals surface area (Å²) < 4.78 is 0.750. The Morgan fingerprint density at radius 1 is 0.946 bits per heavy atom. The van der Waals surface area contributed by atoms with Crippen LogP contribution < -0.4 is 21.0 Å². The smallest absolute Gasteiger partial charge is 0.322 e. The van der Waals surface area contributed by atoms with Crippen molar-refractivity contribution < 1.29 is 24.0 Å². The van der Waals surface area contributed by atoms with Crippen LogP contribution >= 0.6 is 15.9 Å². The molecule has 10 nitrogen and oxygen atoms in total. The highest BCUT2D eigenvalue weighted by atomic mass is 79.9. The summed E-state index contributed by atoms with van der Waals surface area (Å²) in [5.74, 6) is -3.95. The molecule has 3 aromatic carbocycles. The molecule has 6 amide bonds. The zero-order valence-electron chi connectivity index (χ0n) is 19.4. The summed E-state index contributed by atoms with van der Waals surface area (Å²) in [5, 5.41) is 8.60. The van der Waals surface area contributed by atoms with Crippen LogP contribution in [0.1, 0.15) is 26.3 Å². The first kappa shape index (κ1) is 25.5. The summed E-state index contributed by atoms with van der Waals surface area (Å²) in [5.41, 5.74) is 4.73. The fourth-order valence-corrected chi connectivity index (χ4v) is 3.75. The first-order valence-electron chi connectivity index (χ1n) is 11.0. The van der Waals surface area contributed by atoms with Crippen molar-refractivity contribution in [2.45, 2.75) is 6.92 Å².